The maximum atomic E-state index is 6.31. The second-order valence-electron chi connectivity index (χ2n) is 9.46. The predicted octanol–water partition coefficient (Wildman–Crippen LogP) is 8.51. The van der Waals surface area contributed by atoms with Gasteiger partial charge in [0.25, 0.3) is 0 Å². The van der Waals surface area contributed by atoms with Gasteiger partial charge in [0.15, 0.2) is 0 Å². The molecule has 5 nitrogen and oxygen atoms in total. The van der Waals surface area contributed by atoms with Crippen LogP contribution >= 0.6 is 23.5 Å². The molecule has 0 unspecified atom stereocenters. The number of aryl methyl sites for hydroxylation is 2. The summed E-state index contributed by atoms with van der Waals surface area (Å²) in [6.45, 7) is 4.41. The molecule has 0 radical (unpaired) electrons. The van der Waals surface area contributed by atoms with E-state index in [-0.39, 0.29) is 0 Å². The molecule has 5 rings (SSSR count). The number of rotatable bonds is 8. The van der Waals surface area contributed by atoms with E-state index < -0.39 is 0 Å². The van der Waals surface area contributed by atoms with Crippen LogP contribution in [0.5, 0.6) is 0 Å². The zero-order chi connectivity index (χ0) is 26.9. The van der Waals surface area contributed by atoms with Crippen LogP contribution in [0.2, 0.25) is 5.02 Å². The van der Waals surface area contributed by atoms with E-state index in [9.17, 15) is 0 Å². The average molecular weight is 548 g/mol. The summed E-state index contributed by atoms with van der Waals surface area (Å²) in [5, 5.41) is 5.43. The van der Waals surface area contributed by atoms with Crippen LogP contribution in [0.15, 0.2) is 65.7 Å². The van der Waals surface area contributed by atoms with Gasteiger partial charge in [-0.3, -0.25) is 0 Å². The third-order valence-electron chi connectivity index (χ3n) is 6.99. The van der Waals surface area contributed by atoms with E-state index in [1.165, 1.54) is 73.4 Å². The van der Waals surface area contributed by atoms with Crippen molar-refractivity contribution in [3.05, 3.63) is 76.9 Å². The highest BCUT2D eigenvalue weighted by Crippen LogP contribution is 2.34. The molecule has 0 bridgehead atoms. The number of nitrogens with zero attached hydrogens (tertiary/aromatic N) is 2. The van der Waals surface area contributed by atoms with Crippen molar-refractivity contribution in [2.45, 2.75) is 69.7 Å². The number of halogens is 1. The first-order valence-corrected chi connectivity index (χ1v) is 14.8. The second-order valence-corrected chi connectivity index (χ2v) is 10.7. The topological polar surface area (TPSA) is 75.9 Å². The lowest BCUT2D eigenvalue weighted by Crippen LogP contribution is -2.23. The van der Waals surface area contributed by atoms with Gasteiger partial charge in [-0.05, 0) is 103 Å². The highest BCUT2D eigenvalue weighted by atomic mass is 35.5. The van der Waals surface area contributed by atoms with Crippen LogP contribution in [0.3, 0.4) is 0 Å². The maximum Gasteiger partial charge on any atom is 0.223 e. The van der Waals surface area contributed by atoms with E-state index in [1.807, 2.05) is 30.5 Å². The molecule has 1 heterocycles. The lowest BCUT2D eigenvalue weighted by molar-refractivity contribution is 0.461. The van der Waals surface area contributed by atoms with Gasteiger partial charge in [0.2, 0.25) is 5.95 Å². The first-order chi connectivity index (χ1) is 18.6. The molecule has 3 aromatic carbocycles. The van der Waals surface area contributed by atoms with Crippen LogP contribution in [0, 0.1) is 0 Å². The highest BCUT2D eigenvalue weighted by molar-refractivity contribution is 8.00. The number of anilines is 2. The molecule has 0 spiro atoms. The van der Waals surface area contributed by atoms with E-state index in [4.69, 9.17) is 16.6 Å². The van der Waals surface area contributed by atoms with Gasteiger partial charge in [-0.15, -0.1) is 0 Å². The molecule has 1 aliphatic rings. The molecule has 7 heteroatoms. The van der Waals surface area contributed by atoms with Crippen molar-refractivity contribution < 1.29 is 0 Å². The van der Waals surface area contributed by atoms with E-state index in [0.29, 0.717) is 6.04 Å². The summed E-state index contributed by atoms with van der Waals surface area (Å²) < 4.78 is 3.45. The van der Waals surface area contributed by atoms with E-state index in [0.717, 1.165) is 45.3 Å². The molecule has 38 heavy (non-hydrogen) atoms. The van der Waals surface area contributed by atoms with Gasteiger partial charge in [-0.25, -0.2) is 9.97 Å². The summed E-state index contributed by atoms with van der Waals surface area (Å²) in [6.07, 6.45) is 10.2. The largest absolute Gasteiger partial charge is 0.351 e. The normalized spacial score (nSPS) is 13.6. The van der Waals surface area contributed by atoms with Crippen molar-refractivity contribution >= 4 is 46.1 Å². The minimum Gasteiger partial charge on any atom is -0.351 e. The molecule has 1 saturated carbocycles. The second kappa shape index (κ2) is 13.8. The number of benzene rings is 3. The Bertz CT molecular complexity index is 1350. The summed E-state index contributed by atoms with van der Waals surface area (Å²) in [5.41, 5.74) is 11.7. The zero-order valence-corrected chi connectivity index (χ0v) is 24.1. The van der Waals surface area contributed by atoms with Gasteiger partial charge in [0.05, 0.1) is 10.5 Å². The van der Waals surface area contributed by atoms with Crippen LogP contribution in [0.4, 0.5) is 11.6 Å². The third kappa shape index (κ3) is 6.79. The Morgan fingerprint density at radius 1 is 0.947 bits per heavy atom. The molecule has 0 saturated heterocycles. The summed E-state index contributed by atoms with van der Waals surface area (Å²) >= 11 is 7.85. The summed E-state index contributed by atoms with van der Waals surface area (Å²) in [7, 11) is 1.50. The number of hydrogen-bond donors (Lipinski definition) is 3. The lowest BCUT2D eigenvalue weighted by Gasteiger charge is -2.23. The molecule has 0 aliphatic heterocycles. The van der Waals surface area contributed by atoms with Gasteiger partial charge in [-0.1, -0.05) is 62.9 Å². The van der Waals surface area contributed by atoms with Gasteiger partial charge in [-0.2, -0.15) is 0 Å². The molecule has 0 atom stereocenters. The Kier molecular flexibility index (Phi) is 10.3. The summed E-state index contributed by atoms with van der Waals surface area (Å²) in [5.74, 6) is 0.762. The fraction of sp³-hybridized carbons (Fsp3) is 0.355. The first-order valence-electron chi connectivity index (χ1n) is 13.6. The number of hydrogen-bond acceptors (Lipinski definition) is 6. The van der Waals surface area contributed by atoms with Crippen molar-refractivity contribution in [3.8, 4) is 11.1 Å². The number of fused-ring (bicyclic) bond motifs is 1. The summed E-state index contributed by atoms with van der Waals surface area (Å²) in [4.78, 5) is 10.6. The van der Waals surface area contributed by atoms with Crippen LogP contribution in [0.1, 0.15) is 57.1 Å². The van der Waals surface area contributed by atoms with Crippen molar-refractivity contribution in [2.75, 3.05) is 17.1 Å². The molecular weight excluding hydrogens is 510 g/mol. The van der Waals surface area contributed by atoms with E-state index >= 15 is 0 Å². The van der Waals surface area contributed by atoms with Crippen molar-refractivity contribution in [2.24, 2.45) is 5.73 Å². The Morgan fingerprint density at radius 2 is 1.71 bits per heavy atom. The Balaban J connectivity index is 0.00000164. The van der Waals surface area contributed by atoms with Gasteiger partial charge in [0.1, 0.15) is 0 Å². The Labute approximate surface area is 236 Å². The number of nitrogens with two attached hydrogens (primary N) is 1. The molecular formula is C31H38ClN5S. The van der Waals surface area contributed by atoms with E-state index in [1.54, 1.807) is 0 Å². The number of nitrogens with one attached hydrogen (secondary N) is 2. The molecule has 4 aromatic rings. The SMILES string of the molecule is CCc1cc(NSc2ccccc2Cl)ccc1-c1cc(CC)c2nc(NC3CCCCC3)ncc2c1.CN. The fourth-order valence-electron chi connectivity index (χ4n) is 5.02. The van der Waals surface area contributed by atoms with Gasteiger partial charge < -0.3 is 15.8 Å². The standard InChI is InChI=1S/C30H33ClN4S.CH5N/c1-3-20-18-25(35-36-28-13-9-8-12-27(28)31)14-15-26(20)22-16-21(4-2)29-23(17-22)19-32-30(34-29)33-24-10-6-5-7-11-24;1-2/h8-9,12-19,24,35H,3-7,10-11H2,1-2H3,(H,32,33,34);2H2,1H3. The quantitative estimate of drug-likeness (QED) is 0.192. The molecule has 1 aromatic heterocycles. The average Bonchev–Trinajstić information content (AvgIpc) is 2.97. The Morgan fingerprint density at radius 3 is 2.45 bits per heavy atom. The van der Waals surface area contributed by atoms with E-state index in [2.05, 4.69) is 64.9 Å². The minimum absolute atomic E-state index is 0.496. The molecule has 0 amide bonds. The fourth-order valence-corrected chi connectivity index (χ4v) is 5.93. The number of aromatic nitrogens is 2. The highest BCUT2D eigenvalue weighted by Gasteiger charge is 2.16. The Hall–Kier alpha value is -2.80. The maximum absolute atomic E-state index is 6.31. The van der Waals surface area contributed by atoms with Crippen molar-refractivity contribution in [3.63, 3.8) is 0 Å². The monoisotopic (exact) mass is 547 g/mol. The minimum atomic E-state index is 0.496. The molecule has 200 valence electrons. The van der Waals surface area contributed by atoms with Crippen LogP contribution in [0.25, 0.3) is 22.0 Å². The van der Waals surface area contributed by atoms with Gasteiger partial charge >= 0.3 is 0 Å². The van der Waals surface area contributed by atoms with Crippen molar-refractivity contribution in [1.82, 2.24) is 9.97 Å². The van der Waals surface area contributed by atoms with Crippen LogP contribution < -0.4 is 15.8 Å². The van der Waals surface area contributed by atoms with Crippen molar-refractivity contribution in [1.29, 1.82) is 0 Å². The third-order valence-corrected chi connectivity index (χ3v) is 8.35. The zero-order valence-electron chi connectivity index (χ0n) is 22.6. The first kappa shape index (κ1) is 28.2. The molecule has 4 N–H and O–H groups in total. The molecule has 1 aliphatic carbocycles. The lowest BCUT2D eigenvalue weighted by atomic mass is 9.94. The van der Waals surface area contributed by atoms with Crippen LogP contribution in [-0.4, -0.2) is 23.1 Å². The summed E-state index contributed by atoms with van der Waals surface area (Å²) in [6, 6.07) is 19.5. The smallest absolute Gasteiger partial charge is 0.223 e. The molecule has 1 fully saturated rings. The predicted molar refractivity (Wildman–Crippen MR) is 165 cm³/mol. The van der Waals surface area contributed by atoms with Crippen LogP contribution in [-0.2, 0) is 12.8 Å². The van der Waals surface area contributed by atoms with Gasteiger partial charge in [0, 0.05) is 28.2 Å².